The Balaban J connectivity index is 1.78. The van der Waals surface area contributed by atoms with Gasteiger partial charge in [-0.2, -0.15) is 5.26 Å². The summed E-state index contributed by atoms with van der Waals surface area (Å²) >= 11 is 19.0. The average molecular weight is 538 g/mol. The van der Waals surface area contributed by atoms with Crippen LogP contribution in [-0.2, 0) is 6.61 Å². The van der Waals surface area contributed by atoms with Crippen LogP contribution in [0.25, 0.3) is 11.6 Å². The third-order valence-electron chi connectivity index (χ3n) is 3.93. The Morgan fingerprint density at radius 3 is 2.36 bits per heavy atom. The molecule has 0 bridgehead atoms. The Labute approximate surface area is 190 Å². The maximum absolute atomic E-state index is 9.52. The molecule has 140 valence electrons. The predicted octanol–water partition coefficient (Wildman–Crippen LogP) is 8.16. The molecule has 0 aliphatic carbocycles. The van der Waals surface area contributed by atoms with E-state index < -0.39 is 0 Å². The molecule has 0 aliphatic heterocycles. The van der Waals surface area contributed by atoms with Crippen LogP contribution in [0.15, 0.2) is 69.6 Å². The lowest BCUT2D eigenvalue weighted by atomic mass is 10.0. The molecule has 0 amide bonds. The van der Waals surface area contributed by atoms with Crippen molar-refractivity contribution in [3.05, 3.63) is 96.3 Å². The van der Waals surface area contributed by atoms with Crippen molar-refractivity contribution in [1.29, 1.82) is 5.26 Å². The van der Waals surface area contributed by atoms with Gasteiger partial charge in [0.25, 0.3) is 0 Å². The van der Waals surface area contributed by atoms with E-state index in [2.05, 4.69) is 37.9 Å². The molecular weight excluding hydrogens is 525 g/mol. The van der Waals surface area contributed by atoms with Crippen LogP contribution in [0.1, 0.15) is 16.7 Å². The molecule has 0 radical (unpaired) electrons. The highest BCUT2D eigenvalue weighted by atomic mass is 79.9. The van der Waals surface area contributed by atoms with E-state index in [1.165, 1.54) is 0 Å². The molecule has 0 spiro atoms. The van der Waals surface area contributed by atoms with Gasteiger partial charge in [-0.3, -0.25) is 0 Å². The summed E-state index contributed by atoms with van der Waals surface area (Å²) in [6.45, 7) is 0.466. The minimum absolute atomic E-state index is 0.415. The Hall–Kier alpha value is -1.77. The van der Waals surface area contributed by atoms with Crippen molar-refractivity contribution in [3.63, 3.8) is 0 Å². The van der Waals surface area contributed by atoms with E-state index in [-0.39, 0.29) is 0 Å². The minimum atomic E-state index is 0.415. The van der Waals surface area contributed by atoms with Crippen LogP contribution < -0.4 is 4.74 Å². The van der Waals surface area contributed by atoms with Crippen LogP contribution >= 0.6 is 55.1 Å². The van der Waals surface area contributed by atoms with Gasteiger partial charge in [0, 0.05) is 4.47 Å². The molecule has 0 atom stereocenters. The van der Waals surface area contributed by atoms with Gasteiger partial charge in [-0.25, -0.2) is 0 Å². The normalized spacial score (nSPS) is 11.2. The SMILES string of the molecule is N#C/C(=C/c1ccc(OCc2ccc(Br)cc2)c(Br)c1)c1ccc(Cl)c(Cl)c1. The van der Waals surface area contributed by atoms with E-state index in [1.807, 2.05) is 42.5 Å². The monoisotopic (exact) mass is 535 g/mol. The summed E-state index contributed by atoms with van der Waals surface area (Å²) in [6, 6.07) is 21.0. The van der Waals surface area contributed by atoms with E-state index >= 15 is 0 Å². The quantitative estimate of drug-likeness (QED) is 0.243. The molecule has 0 heterocycles. The number of rotatable bonds is 5. The first-order valence-corrected chi connectivity index (χ1v) is 10.5. The molecule has 28 heavy (non-hydrogen) atoms. The predicted molar refractivity (Wildman–Crippen MR) is 123 cm³/mol. The van der Waals surface area contributed by atoms with Crippen molar-refractivity contribution in [3.8, 4) is 11.8 Å². The van der Waals surface area contributed by atoms with Gasteiger partial charge in [0.2, 0.25) is 0 Å². The minimum Gasteiger partial charge on any atom is -0.488 e. The maximum atomic E-state index is 9.52. The van der Waals surface area contributed by atoms with Crippen LogP contribution in [0.5, 0.6) is 5.75 Å². The van der Waals surface area contributed by atoms with Gasteiger partial charge in [0.1, 0.15) is 12.4 Å². The highest BCUT2D eigenvalue weighted by Gasteiger charge is 2.07. The van der Waals surface area contributed by atoms with E-state index in [9.17, 15) is 5.26 Å². The maximum Gasteiger partial charge on any atom is 0.134 e. The van der Waals surface area contributed by atoms with Crippen molar-refractivity contribution in [2.75, 3.05) is 0 Å². The van der Waals surface area contributed by atoms with Crippen molar-refractivity contribution in [2.45, 2.75) is 6.61 Å². The summed E-state index contributed by atoms with van der Waals surface area (Å²) in [5.74, 6) is 0.730. The Kier molecular flexibility index (Phi) is 7.20. The lowest BCUT2D eigenvalue weighted by molar-refractivity contribution is 0.304. The number of benzene rings is 3. The molecule has 6 heteroatoms. The van der Waals surface area contributed by atoms with Gasteiger partial charge in [-0.15, -0.1) is 0 Å². The standard InChI is InChI=1S/C22H13Br2Cl2NO/c23-18-5-1-14(2-6-18)13-28-22-8-3-15(10-19(22)24)9-17(12-27)16-4-7-20(25)21(26)11-16/h1-11H,13H2/b17-9-. The highest BCUT2D eigenvalue weighted by molar-refractivity contribution is 9.10. The van der Waals surface area contributed by atoms with Crippen molar-refractivity contribution < 1.29 is 4.74 Å². The number of hydrogen-bond acceptors (Lipinski definition) is 2. The molecular formula is C22H13Br2Cl2NO. The molecule has 0 saturated carbocycles. The lowest BCUT2D eigenvalue weighted by Crippen LogP contribution is -1.96. The highest BCUT2D eigenvalue weighted by Crippen LogP contribution is 2.30. The van der Waals surface area contributed by atoms with E-state index in [4.69, 9.17) is 27.9 Å². The Bertz CT molecular complexity index is 1070. The summed E-state index contributed by atoms with van der Waals surface area (Å²) in [5.41, 5.74) is 3.15. The van der Waals surface area contributed by atoms with Crippen molar-refractivity contribution >= 4 is 66.7 Å². The topological polar surface area (TPSA) is 33.0 Å². The van der Waals surface area contributed by atoms with Crippen LogP contribution in [0.3, 0.4) is 0 Å². The second kappa shape index (κ2) is 9.62. The fourth-order valence-electron chi connectivity index (χ4n) is 2.48. The number of allylic oxidation sites excluding steroid dienone is 1. The second-order valence-corrected chi connectivity index (χ2v) is 8.49. The first-order valence-electron chi connectivity index (χ1n) is 8.20. The number of hydrogen-bond donors (Lipinski definition) is 0. The average Bonchev–Trinajstić information content (AvgIpc) is 2.69. The summed E-state index contributed by atoms with van der Waals surface area (Å²) in [6.07, 6.45) is 1.79. The zero-order chi connectivity index (χ0) is 20.1. The van der Waals surface area contributed by atoms with E-state index in [1.54, 1.807) is 24.3 Å². The van der Waals surface area contributed by atoms with E-state index in [0.717, 1.165) is 25.8 Å². The summed E-state index contributed by atoms with van der Waals surface area (Å²) in [5, 5.41) is 10.4. The van der Waals surface area contributed by atoms with Gasteiger partial charge < -0.3 is 4.74 Å². The summed E-state index contributed by atoms with van der Waals surface area (Å²) in [4.78, 5) is 0. The van der Waals surface area contributed by atoms with Gasteiger partial charge in [0.15, 0.2) is 0 Å². The zero-order valence-electron chi connectivity index (χ0n) is 14.4. The molecule has 0 N–H and O–H groups in total. The van der Waals surface area contributed by atoms with Gasteiger partial charge in [-0.1, -0.05) is 63.4 Å². The van der Waals surface area contributed by atoms with Gasteiger partial charge in [-0.05, 0) is 75.1 Å². The largest absolute Gasteiger partial charge is 0.488 e. The van der Waals surface area contributed by atoms with Crippen molar-refractivity contribution in [2.24, 2.45) is 0 Å². The van der Waals surface area contributed by atoms with Crippen LogP contribution in [0, 0.1) is 11.3 Å². The molecule has 3 aromatic carbocycles. The van der Waals surface area contributed by atoms with Gasteiger partial charge >= 0.3 is 0 Å². The molecule has 0 aliphatic rings. The number of halogens is 4. The van der Waals surface area contributed by atoms with Gasteiger partial charge in [0.05, 0.1) is 26.2 Å². The van der Waals surface area contributed by atoms with Crippen LogP contribution in [0.4, 0.5) is 0 Å². The zero-order valence-corrected chi connectivity index (χ0v) is 19.1. The molecule has 0 fully saturated rings. The molecule has 0 unspecified atom stereocenters. The molecule has 3 aromatic rings. The first-order chi connectivity index (χ1) is 13.5. The Morgan fingerprint density at radius 2 is 1.71 bits per heavy atom. The number of nitriles is 1. The fourth-order valence-corrected chi connectivity index (χ4v) is 3.55. The second-order valence-electron chi connectivity index (χ2n) is 5.90. The smallest absolute Gasteiger partial charge is 0.134 e. The van der Waals surface area contributed by atoms with Crippen molar-refractivity contribution in [1.82, 2.24) is 0 Å². The number of ether oxygens (including phenoxy) is 1. The van der Waals surface area contributed by atoms with Crippen LogP contribution in [0.2, 0.25) is 10.0 Å². The van der Waals surface area contributed by atoms with Crippen LogP contribution in [-0.4, -0.2) is 0 Å². The molecule has 0 aromatic heterocycles. The third-order valence-corrected chi connectivity index (χ3v) is 5.81. The Morgan fingerprint density at radius 1 is 0.964 bits per heavy atom. The first kappa shape index (κ1) is 21.0. The molecule has 3 rings (SSSR count). The lowest BCUT2D eigenvalue weighted by Gasteiger charge is -2.09. The van der Waals surface area contributed by atoms with E-state index in [0.29, 0.717) is 27.8 Å². The number of nitrogens with zero attached hydrogens (tertiary/aromatic N) is 1. The third kappa shape index (κ3) is 5.40. The fraction of sp³-hybridized carbons (Fsp3) is 0.0455. The molecule has 0 saturated heterocycles. The summed E-state index contributed by atoms with van der Waals surface area (Å²) in [7, 11) is 0. The summed E-state index contributed by atoms with van der Waals surface area (Å²) < 4.78 is 7.72. The molecule has 2 nitrogen and oxygen atoms in total.